The zero-order valence-electron chi connectivity index (χ0n) is 9.49. The molecule has 1 rings (SSSR count). The summed E-state index contributed by atoms with van der Waals surface area (Å²) in [5.74, 6) is -0.495. The van der Waals surface area contributed by atoms with Gasteiger partial charge in [0.2, 0.25) is 0 Å². The normalized spacial score (nSPS) is 10.4. The Bertz CT molecular complexity index is 388. The number of thioether (sulfide) groups is 1. The van der Waals surface area contributed by atoms with Gasteiger partial charge < -0.3 is 10.2 Å². The number of phenolic OH excluding ortho intramolecular Hbond substituents is 1. The largest absolute Gasteiger partial charge is 0.508 e. The molecule has 4 heteroatoms. The fraction of sp³-hybridized carbons (Fsp3) is 0.417. The number of carboxylic acid groups (broad SMARTS) is 1. The van der Waals surface area contributed by atoms with Crippen molar-refractivity contribution in [1.82, 2.24) is 0 Å². The molecule has 0 aromatic heterocycles. The molecule has 0 spiro atoms. The Morgan fingerprint density at radius 1 is 1.44 bits per heavy atom. The van der Waals surface area contributed by atoms with Crippen molar-refractivity contribution in [3.05, 3.63) is 23.3 Å². The van der Waals surface area contributed by atoms with Crippen LogP contribution in [0.3, 0.4) is 0 Å². The van der Waals surface area contributed by atoms with Gasteiger partial charge in [-0.3, -0.25) is 4.79 Å². The van der Waals surface area contributed by atoms with Gasteiger partial charge in [-0.15, -0.1) is 11.8 Å². The van der Waals surface area contributed by atoms with E-state index in [9.17, 15) is 9.90 Å². The lowest BCUT2D eigenvalue weighted by Crippen LogP contribution is -1.97. The summed E-state index contributed by atoms with van der Waals surface area (Å²) in [5, 5.41) is 18.2. The average Bonchev–Trinajstić information content (AvgIpc) is 2.22. The molecular weight excluding hydrogens is 224 g/mol. The monoisotopic (exact) mass is 240 g/mol. The third kappa shape index (κ3) is 3.45. The first-order valence-electron chi connectivity index (χ1n) is 5.13. The minimum atomic E-state index is -0.776. The van der Waals surface area contributed by atoms with E-state index in [4.69, 9.17) is 5.11 Å². The SMILES string of the molecule is CSc1cc(C)c(O)cc1CCCC(=O)O. The zero-order valence-corrected chi connectivity index (χ0v) is 10.3. The molecule has 0 atom stereocenters. The van der Waals surface area contributed by atoms with Gasteiger partial charge in [0.05, 0.1) is 0 Å². The molecule has 0 heterocycles. The number of hydrogen-bond acceptors (Lipinski definition) is 3. The van der Waals surface area contributed by atoms with Crippen LogP contribution in [0, 0.1) is 6.92 Å². The summed E-state index contributed by atoms with van der Waals surface area (Å²) in [6.07, 6.45) is 3.44. The van der Waals surface area contributed by atoms with Crippen LogP contribution in [0.5, 0.6) is 5.75 Å². The number of hydrogen-bond donors (Lipinski definition) is 2. The van der Waals surface area contributed by atoms with Crippen LogP contribution in [0.25, 0.3) is 0 Å². The summed E-state index contributed by atoms with van der Waals surface area (Å²) in [4.78, 5) is 11.5. The zero-order chi connectivity index (χ0) is 12.1. The highest BCUT2D eigenvalue weighted by atomic mass is 32.2. The molecule has 0 saturated heterocycles. The predicted octanol–water partition coefficient (Wildman–Crippen LogP) is 2.83. The molecule has 0 amide bonds. The highest BCUT2D eigenvalue weighted by Crippen LogP contribution is 2.29. The first-order valence-corrected chi connectivity index (χ1v) is 6.35. The van der Waals surface area contributed by atoms with Crippen LogP contribution in [0.2, 0.25) is 0 Å². The Labute approximate surface area is 99.5 Å². The van der Waals surface area contributed by atoms with Gasteiger partial charge in [0.15, 0.2) is 0 Å². The molecule has 0 aliphatic rings. The minimum absolute atomic E-state index is 0.169. The standard InChI is InChI=1S/C12H16O3S/c1-8-6-11(16-2)9(7-10(8)13)4-3-5-12(14)15/h6-7,13H,3-5H2,1-2H3,(H,14,15). The first kappa shape index (κ1) is 12.9. The Morgan fingerprint density at radius 2 is 2.12 bits per heavy atom. The van der Waals surface area contributed by atoms with E-state index >= 15 is 0 Å². The molecule has 0 fully saturated rings. The third-order valence-corrected chi connectivity index (χ3v) is 3.26. The number of aryl methyl sites for hydroxylation is 2. The summed E-state index contributed by atoms with van der Waals surface area (Å²) in [6.45, 7) is 1.86. The van der Waals surface area contributed by atoms with Crippen LogP contribution in [-0.4, -0.2) is 22.4 Å². The summed E-state index contributed by atoms with van der Waals surface area (Å²) in [6, 6.07) is 3.68. The fourth-order valence-corrected chi connectivity index (χ4v) is 2.25. The van der Waals surface area contributed by atoms with E-state index < -0.39 is 5.97 Å². The van der Waals surface area contributed by atoms with Crippen LogP contribution < -0.4 is 0 Å². The van der Waals surface area contributed by atoms with Crippen LogP contribution in [0.15, 0.2) is 17.0 Å². The third-order valence-electron chi connectivity index (χ3n) is 2.44. The summed E-state index contributed by atoms with van der Waals surface area (Å²) >= 11 is 1.62. The van der Waals surface area contributed by atoms with E-state index in [0.29, 0.717) is 12.8 Å². The maximum Gasteiger partial charge on any atom is 0.303 e. The lowest BCUT2D eigenvalue weighted by molar-refractivity contribution is -0.137. The molecule has 0 unspecified atom stereocenters. The molecule has 3 nitrogen and oxygen atoms in total. The molecule has 0 saturated carbocycles. The number of carbonyl (C=O) groups is 1. The smallest absolute Gasteiger partial charge is 0.303 e. The van der Waals surface area contributed by atoms with E-state index in [1.54, 1.807) is 17.8 Å². The van der Waals surface area contributed by atoms with Crippen LogP contribution >= 0.6 is 11.8 Å². The Hall–Kier alpha value is -1.16. The molecule has 2 N–H and O–H groups in total. The molecule has 16 heavy (non-hydrogen) atoms. The van der Waals surface area contributed by atoms with Crippen molar-refractivity contribution >= 4 is 17.7 Å². The lowest BCUT2D eigenvalue weighted by Gasteiger charge is -2.09. The molecular formula is C12H16O3S. The van der Waals surface area contributed by atoms with Crippen molar-refractivity contribution in [3.8, 4) is 5.75 Å². The maximum atomic E-state index is 10.4. The highest BCUT2D eigenvalue weighted by molar-refractivity contribution is 7.98. The van der Waals surface area contributed by atoms with Gasteiger partial charge in [0.1, 0.15) is 5.75 Å². The van der Waals surface area contributed by atoms with Crippen molar-refractivity contribution in [2.75, 3.05) is 6.26 Å². The molecule has 0 aliphatic carbocycles. The van der Waals surface area contributed by atoms with Crippen molar-refractivity contribution in [2.24, 2.45) is 0 Å². The van der Waals surface area contributed by atoms with Gasteiger partial charge in [-0.1, -0.05) is 0 Å². The van der Waals surface area contributed by atoms with Crippen LogP contribution in [-0.2, 0) is 11.2 Å². The Morgan fingerprint density at radius 3 is 2.69 bits per heavy atom. The predicted molar refractivity (Wildman–Crippen MR) is 65.2 cm³/mol. The quantitative estimate of drug-likeness (QED) is 0.777. The van der Waals surface area contributed by atoms with E-state index in [-0.39, 0.29) is 12.2 Å². The number of benzene rings is 1. The van der Waals surface area contributed by atoms with Gasteiger partial charge in [0.25, 0.3) is 0 Å². The van der Waals surface area contributed by atoms with Gasteiger partial charge >= 0.3 is 5.97 Å². The topological polar surface area (TPSA) is 57.5 Å². The van der Waals surface area contributed by atoms with Crippen molar-refractivity contribution in [1.29, 1.82) is 0 Å². The number of aromatic hydroxyl groups is 1. The average molecular weight is 240 g/mol. The van der Waals surface area contributed by atoms with Crippen LogP contribution in [0.1, 0.15) is 24.0 Å². The number of aliphatic carboxylic acids is 1. The molecule has 88 valence electrons. The Balaban J connectivity index is 2.77. The second-order valence-electron chi connectivity index (χ2n) is 3.70. The van der Waals surface area contributed by atoms with Gasteiger partial charge in [0, 0.05) is 11.3 Å². The van der Waals surface area contributed by atoms with E-state index in [1.165, 1.54) is 0 Å². The minimum Gasteiger partial charge on any atom is -0.508 e. The summed E-state index contributed by atoms with van der Waals surface area (Å²) in [5.41, 5.74) is 1.88. The van der Waals surface area contributed by atoms with Crippen molar-refractivity contribution < 1.29 is 15.0 Å². The molecule has 1 aromatic carbocycles. The fourth-order valence-electron chi connectivity index (χ4n) is 1.53. The number of phenols is 1. The maximum absolute atomic E-state index is 10.4. The molecule has 0 bridgehead atoms. The molecule has 1 aromatic rings. The number of carboxylic acids is 1. The van der Waals surface area contributed by atoms with E-state index in [0.717, 1.165) is 16.0 Å². The Kier molecular flexibility index (Phi) is 4.68. The van der Waals surface area contributed by atoms with E-state index in [2.05, 4.69) is 0 Å². The van der Waals surface area contributed by atoms with Gasteiger partial charge in [-0.25, -0.2) is 0 Å². The lowest BCUT2D eigenvalue weighted by atomic mass is 10.1. The molecule has 0 aliphatic heterocycles. The number of rotatable bonds is 5. The summed E-state index contributed by atoms with van der Waals surface area (Å²) in [7, 11) is 0. The summed E-state index contributed by atoms with van der Waals surface area (Å²) < 4.78 is 0. The van der Waals surface area contributed by atoms with Gasteiger partial charge in [-0.2, -0.15) is 0 Å². The molecule has 0 radical (unpaired) electrons. The second kappa shape index (κ2) is 5.80. The first-order chi connectivity index (χ1) is 7.54. The van der Waals surface area contributed by atoms with E-state index in [1.807, 2.05) is 19.2 Å². The van der Waals surface area contributed by atoms with Gasteiger partial charge in [-0.05, 0) is 49.3 Å². The van der Waals surface area contributed by atoms with Crippen LogP contribution in [0.4, 0.5) is 0 Å². The van der Waals surface area contributed by atoms with Crippen molar-refractivity contribution in [2.45, 2.75) is 31.1 Å². The second-order valence-corrected chi connectivity index (χ2v) is 4.55. The highest BCUT2D eigenvalue weighted by Gasteiger charge is 2.07. The van der Waals surface area contributed by atoms with Crippen molar-refractivity contribution in [3.63, 3.8) is 0 Å².